The Bertz CT molecular complexity index is 5360. The van der Waals surface area contributed by atoms with E-state index < -0.39 is 0 Å². The predicted octanol–water partition coefficient (Wildman–Crippen LogP) is 19.3. The van der Waals surface area contributed by atoms with Gasteiger partial charge in [0.2, 0.25) is 0 Å². The highest BCUT2D eigenvalue weighted by Crippen LogP contribution is 2.53. The minimum absolute atomic E-state index is 0.380. The average molecular weight is 1040 g/mol. The highest BCUT2D eigenvalue weighted by Gasteiger charge is 2.35. The minimum atomic E-state index is 0.380. The molecule has 82 heavy (non-hydrogen) atoms. The van der Waals surface area contributed by atoms with Crippen molar-refractivity contribution in [2.75, 3.05) is 0 Å². The van der Waals surface area contributed by atoms with Crippen molar-refractivity contribution >= 4 is 115 Å². The third-order valence-corrected chi connectivity index (χ3v) is 17.2. The fourth-order valence-corrected chi connectivity index (χ4v) is 14.0. The van der Waals surface area contributed by atoms with E-state index in [0.717, 1.165) is 148 Å². The molecular formula is C75H45N7. The van der Waals surface area contributed by atoms with Crippen LogP contribution in [0.1, 0.15) is 11.1 Å². The van der Waals surface area contributed by atoms with Crippen LogP contribution in [0.25, 0.3) is 148 Å². The summed E-state index contributed by atoms with van der Waals surface area (Å²) in [6, 6.07) is 96.3. The Morgan fingerprint density at radius 2 is 0.585 bits per heavy atom. The average Bonchev–Trinajstić information content (AvgIpc) is 2.11. The monoisotopic (exact) mass is 1040 g/mol. The van der Waals surface area contributed by atoms with E-state index in [1.807, 2.05) is 12.1 Å². The molecule has 7 nitrogen and oxygen atoms in total. The first kappa shape index (κ1) is 45.6. The van der Waals surface area contributed by atoms with E-state index in [2.05, 4.69) is 276 Å². The summed E-state index contributed by atoms with van der Waals surface area (Å²) in [6.45, 7) is 9.11. The summed E-state index contributed by atoms with van der Waals surface area (Å²) < 4.78 is 12.6. The molecule has 0 unspecified atom stereocenters. The molecule has 0 aliphatic carbocycles. The van der Waals surface area contributed by atoms with Crippen LogP contribution in [0.5, 0.6) is 0 Å². The summed E-state index contributed by atoms with van der Waals surface area (Å²) in [4.78, 5) is 4.15. The third kappa shape index (κ3) is 6.33. The number of benzene rings is 12. The smallest absolute Gasteiger partial charge is 0.189 e. The molecule has 17 aromatic rings. The molecular weight excluding hydrogens is 999 g/mol. The molecule has 0 radical (unpaired) electrons. The van der Waals surface area contributed by atoms with Gasteiger partial charge in [-0.1, -0.05) is 182 Å². The summed E-state index contributed by atoms with van der Waals surface area (Å²) in [6.07, 6.45) is 0. The van der Waals surface area contributed by atoms with Crippen LogP contribution in [0.3, 0.4) is 0 Å². The highest BCUT2D eigenvalue weighted by molar-refractivity contribution is 6.17. The Kier molecular flexibility index (Phi) is 9.77. The second-order valence-corrected chi connectivity index (χ2v) is 21.3. The number of nitriles is 1. The van der Waals surface area contributed by atoms with Gasteiger partial charge in [-0.3, -0.25) is 0 Å². The quantitative estimate of drug-likeness (QED) is 0.147. The second kappa shape index (κ2) is 17.6. The zero-order chi connectivity index (χ0) is 54.2. The largest absolute Gasteiger partial charge is 0.336 e. The van der Waals surface area contributed by atoms with Crippen molar-refractivity contribution in [3.8, 4) is 39.9 Å². The van der Waals surface area contributed by atoms with Crippen molar-refractivity contribution in [3.63, 3.8) is 0 Å². The molecule has 0 spiro atoms. The van der Waals surface area contributed by atoms with Crippen LogP contribution in [0.15, 0.2) is 261 Å². The van der Waals surface area contributed by atoms with E-state index in [4.69, 9.17) is 6.57 Å². The van der Waals surface area contributed by atoms with Gasteiger partial charge in [-0.2, -0.15) is 5.26 Å². The first-order valence-corrected chi connectivity index (χ1v) is 27.7. The molecule has 0 aliphatic heterocycles. The van der Waals surface area contributed by atoms with Crippen molar-refractivity contribution in [2.24, 2.45) is 0 Å². The number of hydrogen-bond acceptors (Lipinski definition) is 1. The molecule has 0 amide bonds. The molecule has 380 valence electrons. The van der Waals surface area contributed by atoms with E-state index >= 15 is 0 Å². The van der Waals surface area contributed by atoms with Crippen LogP contribution in [-0.4, -0.2) is 22.8 Å². The molecule has 0 fully saturated rings. The van der Waals surface area contributed by atoms with Crippen LogP contribution < -0.4 is 0 Å². The number of para-hydroxylation sites is 10. The van der Waals surface area contributed by atoms with Gasteiger partial charge in [-0.15, -0.1) is 0 Å². The maximum Gasteiger partial charge on any atom is 0.189 e. The zero-order valence-electron chi connectivity index (χ0n) is 44.2. The van der Waals surface area contributed by atoms with Gasteiger partial charge in [0.1, 0.15) is 0 Å². The number of hydrogen-bond donors (Lipinski definition) is 0. The van der Waals surface area contributed by atoms with E-state index in [9.17, 15) is 5.26 Å². The van der Waals surface area contributed by atoms with Crippen LogP contribution in [0.4, 0.5) is 5.69 Å². The van der Waals surface area contributed by atoms with Crippen molar-refractivity contribution in [3.05, 3.63) is 283 Å². The molecule has 7 heteroatoms. The highest BCUT2D eigenvalue weighted by atomic mass is 15.1. The van der Waals surface area contributed by atoms with Crippen molar-refractivity contribution in [1.29, 1.82) is 5.26 Å². The summed E-state index contributed by atoms with van der Waals surface area (Å²) in [5.74, 6) is 0. The molecule has 0 atom stereocenters. The molecule has 5 aromatic heterocycles. The third-order valence-electron chi connectivity index (χ3n) is 17.2. The Labute approximate surface area is 470 Å². The van der Waals surface area contributed by atoms with Gasteiger partial charge in [0, 0.05) is 81.6 Å². The Morgan fingerprint density at radius 3 is 0.902 bits per heavy atom. The Balaban J connectivity index is 1.26. The SMILES string of the molecule is [C-]#[N+]c1cc(C#N)cc(-c2c(Cn3c4ccccc4c4ccccc43)c(-n3c4ccccc4c4ccccc43)c(-n3c4ccccc4c4ccccc43)c(-n3c4ccccc4c4ccccc43)c2-n2c3ccccc3c3ccccc32)c1. The Hall–Kier alpha value is -11.4. The summed E-state index contributed by atoms with van der Waals surface area (Å²) in [7, 11) is 0. The maximum atomic E-state index is 11.2. The zero-order valence-corrected chi connectivity index (χ0v) is 44.2. The molecule has 0 N–H and O–H groups in total. The second-order valence-electron chi connectivity index (χ2n) is 21.3. The lowest BCUT2D eigenvalue weighted by Crippen LogP contribution is -2.19. The molecule has 0 bridgehead atoms. The van der Waals surface area contributed by atoms with Crippen LogP contribution in [0, 0.1) is 17.9 Å². The van der Waals surface area contributed by atoms with Gasteiger partial charge in [-0.25, -0.2) is 4.85 Å². The first-order valence-electron chi connectivity index (χ1n) is 27.7. The molecule has 0 saturated carbocycles. The van der Waals surface area contributed by atoms with Crippen molar-refractivity contribution < 1.29 is 0 Å². The minimum Gasteiger partial charge on any atom is -0.336 e. The van der Waals surface area contributed by atoms with Gasteiger partial charge < -0.3 is 22.8 Å². The van der Waals surface area contributed by atoms with E-state index in [-0.39, 0.29) is 0 Å². The van der Waals surface area contributed by atoms with Gasteiger partial charge in [0.25, 0.3) is 0 Å². The van der Waals surface area contributed by atoms with Crippen LogP contribution in [0.2, 0.25) is 0 Å². The summed E-state index contributed by atoms with van der Waals surface area (Å²) in [5, 5.41) is 22.5. The van der Waals surface area contributed by atoms with Crippen molar-refractivity contribution in [2.45, 2.75) is 6.54 Å². The lowest BCUT2D eigenvalue weighted by molar-refractivity contribution is 0.854. The maximum absolute atomic E-state index is 11.2. The van der Waals surface area contributed by atoms with Crippen molar-refractivity contribution in [1.82, 2.24) is 22.8 Å². The van der Waals surface area contributed by atoms with Gasteiger partial charge in [-0.05, 0) is 84.4 Å². The van der Waals surface area contributed by atoms with Crippen LogP contribution >= 0.6 is 0 Å². The van der Waals surface area contributed by atoms with E-state index in [0.29, 0.717) is 17.8 Å². The molecule has 17 rings (SSSR count). The van der Waals surface area contributed by atoms with Gasteiger partial charge >= 0.3 is 0 Å². The number of aromatic nitrogens is 5. The number of rotatable bonds is 7. The predicted molar refractivity (Wildman–Crippen MR) is 339 cm³/mol. The topological polar surface area (TPSA) is 52.8 Å². The number of fused-ring (bicyclic) bond motifs is 15. The van der Waals surface area contributed by atoms with Gasteiger partial charge in [0.15, 0.2) is 5.69 Å². The number of nitrogens with zero attached hydrogens (tertiary/aromatic N) is 7. The van der Waals surface area contributed by atoms with Gasteiger partial charge in [0.05, 0.1) is 86.1 Å². The molecule has 5 heterocycles. The lowest BCUT2D eigenvalue weighted by Gasteiger charge is -2.31. The first-order chi connectivity index (χ1) is 40.7. The normalized spacial score (nSPS) is 11.9. The standard InChI is InChI=1S/C75H45N7/c1-77-49-43-47(45-76)42-48(44-49)71-60(46-78-61-32-12-2-22-50(61)51-23-3-13-33-62(51)78)72(79-63-34-14-4-24-52(63)53-25-5-15-35-64(53)79)74(81-67-38-18-8-28-56(67)57-29-9-19-39-68(57)81)75(82-69-40-20-10-30-58(69)59-31-11-21-41-70(59)82)73(71)80-65-36-16-6-26-54(65)55-27-7-17-37-66(55)80/h2-44H,46H2. The van der Waals surface area contributed by atoms with E-state index in [1.165, 1.54) is 0 Å². The fourth-order valence-electron chi connectivity index (χ4n) is 14.0. The van der Waals surface area contributed by atoms with E-state index in [1.54, 1.807) is 6.07 Å². The Morgan fingerprint density at radius 1 is 0.317 bits per heavy atom. The fraction of sp³-hybridized carbons (Fsp3) is 0.0133. The molecule has 12 aromatic carbocycles. The molecule has 0 saturated heterocycles. The van der Waals surface area contributed by atoms with Crippen LogP contribution in [-0.2, 0) is 6.54 Å². The summed E-state index contributed by atoms with van der Waals surface area (Å²) >= 11 is 0. The molecule has 0 aliphatic rings. The summed E-state index contributed by atoms with van der Waals surface area (Å²) in [5.41, 5.74) is 17.7. The lowest BCUT2D eigenvalue weighted by atomic mass is 9.90.